The molecule has 3 aromatic carbocycles. The summed E-state index contributed by atoms with van der Waals surface area (Å²) in [5.74, 6) is 1.90. The third-order valence-electron chi connectivity index (χ3n) is 5.96. The van der Waals surface area contributed by atoms with E-state index < -0.39 is 4.92 Å². The summed E-state index contributed by atoms with van der Waals surface area (Å²) in [7, 11) is 0. The summed E-state index contributed by atoms with van der Waals surface area (Å²) in [5.41, 5.74) is 1.29. The zero-order chi connectivity index (χ0) is 26.6. The minimum atomic E-state index is -0.514. The maximum Gasteiger partial charge on any atom is 0.311 e. The van der Waals surface area contributed by atoms with Crippen LogP contribution >= 0.6 is 15.9 Å². The van der Waals surface area contributed by atoms with Crippen LogP contribution in [0.25, 0.3) is 10.9 Å². The topological polar surface area (TPSA) is 118 Å². The van der Waals surface area contributed by atoms with Crippen molar-refractivity contribution in [2.45, 2.75) is 32.8 Å². The molecule has 1 aliphatic heterocycles. The van der Waals surface area contributed by atoms with Crippen molar-refractivity contribution in [1.29, 1.82) is 0 Å². The maximum absolute atomic E-state index is 13.2. The smallest absolute Gasteiger partial charge is 0.311 e. The zero-order valence-electron chi connectivity index (χ0n) is 20.4. The van der Waals surface area contributed by atoms with E-state index >= 15 is 0 Å². The second kappa shape index (κ2) is 11.0. The summed E-state index contributed by atoms with van der Waals surface area (Å²) in [6.07, 6.45) is 3.75. The number of ether oxygens (including phenoxy) is 3. The number of nitro groups is 1. The Balaban J connectivity index is 1.42. The lowest BCUT2D eigenvalue weighted by molar-refractivity contribution is -0.385. The summed E-state index contributed by atoms with van der Waals surface area (Å²) < 4.78 is 18.4. The molecule has 0 spiro atoms. The van der Waals surface area contributed by atoms with E-state index in [4.69, 9.17) is 14.2 Å². The summed E-state index contributed by atoms with van der Waals surface area (Å²) in [5, 5.41) is 16.6. The van der Waals surface area contributed by atoms with Crippen LogP contribution in [0.1, 0.15) is 36.7 Å². The number of benzene rings is 3. The molecule has 2 heterocycles. The molecular formula is C27H23BrN4O6. The molecule has 0 atom stereocenters. The van der Waals surface area contributed by atoms with E-state index in [1.165, 1.54) is 23.0 Å². The number of fused-ring (bicyclic) bond motifs is 2. The van der Waals surface area contributed by atoms with Crippen molar-refractivity contribution in [3.63, 3.8) is 0 Å². The molecule has 0 bridgehead atoms. The van der Waals surface area contributed by atoms with Crippen LogP contribution < -0.4 is 19.8 Å². The van der Waals surface area contributed by atoms with Gasteiger partial charge in [0.2, 0.25) is 6.79 Å². The Morgan fingerprint density at radius 3 is 2.82 bits per heavy atom. The number of aryl methyl sites for hydroxylation is 1. The van der Waals surface area contributed by atoms with E-state index in [0.717, 1.165) is 22.9 Å². The van der Waals surface area contributed by atoms with Crippen molar-refractivity contribution in [2.24, 2.45) is 5.10 Å². The number of hydrogen-bond acceptors (Lipinski definition) is 8. The Morgan fingerprint density at radius 2 is 2.00 bits per heavy atom. The minimum Gasteiger partial charge on any atom is -0.482 e. The van der Waals surface area contributed by atoms with Gasteiger partial charge in [0.15, 0.2) is 17.2 Å². The van der Waals surface area contributed by atoms with Gasteiger partial charge in [0, 0.05) is 22.5 Å². The van der Waals surface area contributed by atoms with E-state index in [-0.39, 0.29) is 30.4 Å². The molecule has 11 heteroatoms. The van der Waals surface area contributed by atoms with Crippen LogP contribution in [0.5, 0.6) is 17.2 Å². The Hall–Kier alpha value is -4.25. The molecule has 0 saturated heterocycles. The summed E-state index contributed by atoms with van der Waals surface area (Å²) in [6.45, 7) is 2.33. The lowest BCUT2D eigenvalue weighted by Crippen LogP contribution is -2.22. The Morgan fingerprint density at radius 1 is 1.16 bits per heavy atom. The molecule has 0 aliphatic carbocycles. The molecule has 0 fully saturated rings. The Labute approximate surface area is 225 Å². The molecule has 10 nitrogen and oxygen atoms in total. The number of nitrogens with zero attached hydrogens (tertiary/aromatic N) is 4. The monoisotopic (exact) mass is 578 g/mol. The van der Waals surface area contributed by atoms with Gasteiger partial charge in [-0.2, -0.15) is 9.78 Å². The third-order valence-corrected chi connectivity index (χ3v) is 6.46. The zero-order valence-corrected chi connectivity index (χ0v) is 22.0. The van der Waals surface area contributed by atoms with Gasteiger partial charge in [-0.05, 0) is 54.4 Å². The average molecular weight is 579 g/mol. The standard InChI is InChI=1S/C27H23BrN4O6/c1-2-3-4-26-30-21-8-7-19(28)13-20(21)27(33)31(26)29-14-17-5-9-23(22(11-17)32(34)35)36-15-18-6-10-24-25(12-18)38-16-37-24/h5-14H,2-4,15-16H2,1H3. The molecule has 0 amide bonds. The molecule has 0 unspecified atom stereocenters. The molecule has 0 N–H and O–H groups in total. The highest BCUT2D eigenvalue weighted by Gasteiger charge is 2.18. The van der Waals surface area contributed by atoms with E-state index in [1.54, 1.807) is 30.3 Å². The van der Waals surface area contributed by atoms with E-state index in [9.17, 15) is 14.9 Å². The fraction of sp³-hybridized carbons (Fsp3) is 0.222. The highest BCUT2D eigenvalue weighted by atomic mass is 79.9. The quantitative estimate of drug-likeness (QED) is 0.144. The highest BCUT2D eigenvalue weighted by Crippen LogP contribution is 2.34. The van der Waals surface area contributed by atoms with E-state index in [0.29, 0.717) is 40.2 Å². The van der Waals surface area contributed by atoms with Crippen molar-refractivity contribution in [2.75, 3.05) is 6.79 Å². The van der Waals surface area contributed by atoms with Gasteiger partial charge >= 0.3 is 5.69 Å². The summed E-state index contributed by atoms with van der Waals surface area (Å²) >= 11 is 3.39. The van der Waals surface area contributed by atoms with Crippen LogP contribution in [0.4, 0.5) is 5.69 Å². The Kier molecular flexibility index (Phi) is 7.36. The van der Waals surface area contributed by atoms with Crippen LogP contribution in [-0.4, -0.2) is 27.6 Å². The number of aromatic nitrogens is 2. The lowest BCUT2D eigenvalue weighted by Gasteiger charge is -2.10. The van der Waals surface area contributed by atoms with Gasteiger partial charge in [0.1, 0.15) is 12.4 Å². The van der Waals surface area contributed by atoms with Crippen molar-refractivity contribution < 1.29 is 19.1 Å². The minimum absolute atomic E-state index is 0.111. The third kappa shape index (κ3) is 5.37. The molecule has 194 valence electrons. The van der Waals surface area contributed by atoms with Gasteiger partial charge < -0.3 is 14.2 Å². The normalized spacial score (nSPS) is 12.4. The first-order valence-electron chi connectivity index (χ1n) is 12.0. The van der Waals surface area contributed by atoms with Crippen LogP contribution in [0.15, 0.2) is 69.0 Å². The fourth-order valence-corrected chi connectivity index (χ4v) is 4.37. The van der Waals surface area contributed by atoms with E-state index in [2.05, 4.69) is 32.9 Å². The van der Waals surface area contributed by atoms with Crippen molar-refractivity contribution in [1.82, 2.24) is 9.66 Å². The number of rotatable bonds is 9. The highest BCUT2D eigenvalue weighted by molar-refractivity contribution is 9.10. The molecule has 38 heavy (non-hydrogen) atoms. The fourth-order valence-electron chi connectivity index (χ4n) is 4.01. The first kappa shape index (κ1) is 25.4. The molecule has 4 aromatic rings. The molecule has 0 saturated carbocycles. The Bertz CT molecular complexity index is 1620. The molecule has 5 rings (SSSR count). The number of nitro benzene ring substituents is 1. The number of hydrogen-bond donors (Lipinski definition) is 0. The SMILES string of the molecule is CCCCc1nc2ccc(Br)cc2c(=O)n1N=Cc1ccc(OCc2ccc3c(c2)OCO3)c([N+](=O)[O-])c1. The number of halogens is 1. The average Bonchev–Trinajstić information content (AvgIpc) is 3.39. The molecule has 1 aromatic heterocycles. The van der Waals surface area contributed by atoms with Gasteiger partial charge in [0.05, 0.1) is 22.0 Å². The van der Waals surface area contributed by atoms with Gasteiger partial charge in [-0.15, -0.1) is 0 Å². The second-order valence-corrected chi connectivity index (χ2v) is 9.53. The van der Waals surface area contributed by atoms with Crippen LogP contribution in [-0.2, 0) is 13.0 Å². The maximum atomic E-state index is 13.2. The van der Waals surface area contributed by atoms with Gasteiger partial charge in [-0.25, -0.2) is 4.98 Å². The van der Waals surface area contributed by atoms with Crippen molar-refractivity contribution >= 4 is 38.7 Å². The molecule has 1 aliphatic rings. The molecular weight excluding hydrogens is 556 g/mol. The van der Waals surface area contributed by atoms with Crippen LogP contribution in [0.3, 0.4) is 0 Å². The van der Waals surface area contributed by atoms with Crippen molar-refractivity contribution in [3.05, 3.63) is 96.5 Å². The second-order valence-electron chi connectivity index (χ2n) is 8.62. The first-order valence-corrected chi connectivity index (χ1v) is 12.8. The van der Waals surface area contributed by atoms with Crippen LogP contribution in [0, 0.1) is 10.1 Å². The van der Waals surface area contributed by atoms with Crippen LogP contribution in [0.2, 0.25) is 0 Å². The first-order chi connectivity index (χ1) is 18.4. The molecule has 0 radical (unpaired) electrons. The predicted octanol–water partition coefficient (Wildman–Crippen LogP) is 5.60. The largest absolute Gasteiger partial charge is 0.482 e. The summed E-state index contributed by atoms with van der Waals surface area (Å²) in [4.78, 5) is 29.2. The lowest BCUT2D eigenvalue weighted by atomic mass is 10.2. The summed E-state index contributed by atoms with van der Waals surface area (Å²) in [6, 6.07) is 15.2. The van der Waals surface area contributed by atoms with Gasteiger partial charge in [0.25, 0.3) is 5.56 Å². The van der Waals surface area contributed by atoms with Gasteiger partial charge in [-0.3, -0.25) is 14.9 Å². The van der Waals surface area contributed by atoms with Crippen molar-refractivity contribution in [3.8, 4) is 17.2 Å². The predicted molar refractivity (Wildman–Crippen MR) is 145 cm³/mol. The van der Waals surface area contributed by atoms with E-state index in [1.807, 2.05) is 12.1 Å². The van der Waals surface area contributed by atoms with Gasteiger partial charge in [-0.1, -0.05) is 35.3 Å². The number of unbranched alkanes of at least 4 members (excludes halogenated alkanes) is 1.